The van der Waals surface area contributed by atoms with Gasteiger partial charge < -0.3 is 5.32 Å². The molecule has 1 saturated heterocycles. The first-order valence-electron chi connectivity index (χ1n) is 7.67. The molecule has 1 amide bonds. The first kappa shape index (κ1) is 14.7. The Bertz CT molecular complexity index is 638. The van der Waals surface area contributed by atoms with Gasteiger partial charge in [-0.05, 0) is 45.4 Å². The Morgan fingerprint density at radius 2 is 2.27 bits per heavy atom. The molecule has 1 unspecified atom stereocenters. The largest absolute Gasteiger partial charge is 0.322 e. The molecule has 2 aromatic rings. The van der Waals surface area contributed by atoms with Crippen LogP contribution >= 0.6 is 0 Å². The van der Waals surface area contributed by atoms with Crippen molar-refractivity contribution in [2.45, 2.75) is 38.8 Å². The number of likely N-dealkylation sites (tertiary alicyclic amines) is 1. The van der Waals surface area contributed by atoms with E-state index in [1.165, 1.54) is 0 Å². The van der Waals surface area contributed by atoms with Crippen LogP contribution in [0.2, 0.25) is 0 Å². The van der Waals surface area contributed by atoms with Gasteiger partial charge in [0.05, 0.1) is 23.6 Å². The molecule has 0 saturated carbocycles. The summed E-state index contributed by atoms with van der Waals surface area (Å²) in [7, 11) is 0. The van der Waals surface area contributed by atoms with E-state index in [1.807, 2.05) is 18.3 Å². The maximum atomic E-state index is 12.6. The van der Waals surface area contributed by atoms with Crippen molar-refractivity contribution >= 4 is 11.6 Å². The van der Waals surface area contributed by atoms with Crippen molar-refractivity contribution in [2.75, 3.05) is 11.9 Å². The first-order chi connectivity index (χ1) is 10.7. The highest BCUT2D eigenvalue weighted by atomic mass is 16.2. The number of aromatic nitrogens is 3. The summed E-state index contributed by atoms with van der Waals surface area (Å²) in [5.41, 5.74) is 1.51. The number of rotatable bonds is 4. The van der Waals surface area contributed by atoms with Crippen molar-refractivity contribution < 1.29 is 4.79 Å². The standard InChI is InChI=1S/C16H21N5O/c1-12(2)20-9-3-5-15(20)16(22)19-13-11-17-8-6-14(13)21-10-4-7-18-21/h4,6-8,10-12,15H,3,5,9H2,1-2H3,(H,19,22). The zero-order chi connectivity index (χ0) is 15.5. The van der Waals surface area contributed by atoms with E-state index >= 15 is 0 Å². The number of anilines is 1. The van der Waals surface area contributed by atoms with E-state index in [0.717, 1.165) is 25.1 Å². The summed E-state index contributed by atoms with van der Waals surface area (Å²) in [5, 5.41) is 7.24. The van der Waals surface area contributed by atoms with Gasteiger partial charge in [-0.25, -0.2) is 4.68 Å². The molecule has 3 rings (SSSR count). The molecular formula is C16H21N5O. The molecule has 116 valence electrons. The van der Waals surface area contributed by atoms with Crippen LogP contribution < -0.4 is 5.32 Å². The summed E-state index contributed by atoms with van der Waals surface area (Å²) in [4.78, 5) is 19.0. The second-order valence-electron chi connectivity index (χ2n) is 5.82. The minimum Gasteiger partial charge on any atom is -0.322 e. The fraction of sp³-hybridized carbons (Fsp3) is 0.438. The van der Waals surface area contributed by atoms with Crippen LogP contribution in [0, 0.1) is 0 Å². The van der Waals surface area contributed by atoms with E-state index in [-0.39, 0.29) is 11.9 Å². The summed E-state index contributed by atoms with van der Waals surface area (Å²) >= 11 is 0. The van der Waals surface area contributed by atoms with E-state index in [1.54, 1.807) is 23.3 Å². The molecule has 0 aromatic carbocycles. The Kier molecular flexibility index (Phi) is 4.20. The number of nitrogens with zero attached hydrogens (tertiary/aromatic N) is 4. The van der Waals surface area contributed by atoms with E-state index in [2.05, 4.69) is 34.1 Å². The maximum absolute atomic E-state index is 12.6. The molecule has 1 N–H and O–H groups in total. The fourth-order valence-electron chi connectivity index (χ4n) is 3.00. The predicted octanol–water partition coefficient (Wildman–Crippen LogP) is 2.08. The topological polar surface area (TPSA) is 63.1 Å². The Balaban J connectivity index is 1.80. The third-order valence-electron chi connectivity index (χ3n) is 4.07. The minimum absolute atomic E-state index is 0.0348. The second kappa shape index (κ2) is 6.27. The summed E-state index contributed by atoms with van der Waals surface area (Å²) in [6, 6.07) is 4.00. The zero-order valence-corrected chi connectivity index (χ0v) is 12.9. The summed E-state index contributed by atoms with van der Waals surface area (Å²) in [6.45, 7) is 5.24. The van der Waals surface area contributed by atoms with E-state index in [9.17, 15) is 4.79 Å². The fourth-order valence-corrected chi connectivity index (χ4v) is 3.00. The predicted molar refractivity (Wildman–Crippen MR) is 84.9 cm³/mol. The Labute approximate surface area is 130 Å². The van der Waals surface area contributed by atoms with Gasteiger partial charge in [0.15, 0.2) is 0 Å². The van der Waals surface area contributed by atoms with Gasteiger partial charge in [-0.2, -0.15) is 5.10 Å². The molecule has 3 heterocycles. The normalized spacial score (nSPS) is 18.8. The van der Waals surface area contributed by atoms with Crippen LogP contribution in [0.3, 0.4) is 0 Å². The highest BCUT2D eigenvalue weighted by Crippen LogP contribution is 2.23. The van der Waals surface area contributed by atoms with Gasteiger partial charge in [-0.1, -0.05) is 0 Å². The van der Waals surface area contributed by atoms with Gasteiger partial charge in [-0.3, -0.25) is 14.7 Å². The van der Waals surface area contributed by atoms with Gasteiger partial charge in [0.25, 0.3) is 0 Å². The number of hydrogen-bond donors (Lipinski definition) is 1. The second-order valence-corrected chi connectivity index (χ2v) is 5.82. The van der Waals surface area contributed by atoms with E-state index in [4.69, 9.17) is 0 Å². The lowest BCUT2D eigenvalue weighted by Crippen LogP contribution is -2.43. The summed E-state index contributed by atoms with van der Waals surface area (Å²) in [5.74, 6) is 0.0348. The number of nitrogens with one attached hydrogen (secondary N) is 1. The maximum Gasteiger partial charge on any atom is 0.241 e. The van der Waals surface area contributed by atoms with Crippen LogP contribution in [0.1, 0.15) is 26.7 Å². The van der Waals surface area contributed by atoms with Crippen molar-refractivity contribution in [3.8, 4) is 5.69 Å². The molecule has 22 heavy (non-hydrogen) atoms. The molecule has 0 bridgehead atoms. The zero-order valence-electron chi connectivity index (χ0n) is 12.9. The number of carbonyl (C=O) groups excluding carboxylic acids is 1. The number of amides is 1. The Morgan fingerprint density at radius 3 is 3.00 bits per heavy atom. The highest BCUT2D eigenvalue weighted by molar-refractivity contribution is 5.96. The van der Waals surface area contributed by atoms with Crippen molar-refractivity contribution in [1.82, 2.24) is 19.7 Å². The molecule has 1 fully saturated rings. The number of carbonyl (C=O) groups is 1. The van der Waals surface area contributed by atoms with Gasteiger partial charge in [0, 0.05) is 24.6 Å². The summed E-state index contributed by atoms with van der Waals surface area (Å²) in [6.07, 6.45) is 8.90. The van der Waals surface area contributed by atoms with Crippen LogP contribution in [-0.4, -0.2) is 44.2 Å². The van der Waals surface area contributed by atoms with Crippen LogP contribution in [0.15, 0.2) is 36.9 Å². The third-order valence-corrected chi connectivity index (χ3v) is 4.07. The molecule has 6 nitrogen and oxygen atoms in total. The summed E-state index contributed by atoms with van der Waals surface area (Å²) < 4.78 is 1.73. The van der Waals surface area contributed by atoms with E-state index < -0.39 is 0 Å². The van der Waals surface area contributed by atoms with E-state index in [0.29, 0.717) is 11.7 Å². The Hall–Kier alpha value is -2.21. The van der Waals surface area contributed by atoms with Crippen molar-refractivity contribution in [3.05, 3.63) is 36.9 Å². The molecule has 1 aliphatic heterocycles. The lowest BCUT2D eigenvalue weighted by molar-refractivity contribution is -0.120. The smallest absolute Gasteiger partial charge is 0.241 e. The van der Waals surface area contributed by atoms with Crippen molar-refractivity contribution in [2.24, 2.45) is 0 Å². The van der Waals surface area contributed by atoms with Crippen molar-refractivity contribution in [1.29, 1.82) is 0 Å². The molecule has 1 atom stereocenters. The lowest BCUT2D eigenvalue weighted by Gasteiger charge is -2.27. The first-order valence-corrected chi connectivity index (χ1v) is 7.67. The molecule has 0 aliphatic carbocycles. The molecule has 0 spiro atoms. The van der Waals surface area contributed by atoms with Gasteiger partial charge in [0.2, 0.25) is 5.91 Å². The van der Waals surface area contributed by atoms with Gasteiger partial charge in [-0.15, -0.1) is 0 Å². The van der Waals surface area contributed by atoms with Crippen LogP contribution in [0.5, 0.6) is 0 Å². The van der Waals surface area contributed by atoms with Gasteiger partial charge in [0.1, 0.15) is 0 Å². The van der Waals surface area contributed by atoms with Crippen LogP contribution in [-0.2, 0) is 4.79 Å². The van der Waals surface area contributed by atoms with Crippen LogP contribution in [0.4, 0.5) is 5.69 Å². The third kappa shape index (κ3) is 2.87. The number of pyridine rings is 1. The molecule has 1 aliphatic rings. The van der Waals surface area contributed by atoms with Crippen molar-refractivity contribution in [3.63, 3.8) is 0 Å². The molecular weight excluding hydrogens is 278 g/mol. The quantitative estimate of drug-likeness (QED) is 0.939. The molecule has 2 aromatic heterocycles. The lowest BCUT2D eigenvalue weighted by atomic mass is 10.2. The van der Waals surface area contributed by atoms with Gasteiger partial charge >= 0.3 is 0 Å². The Morgan fingerprint density at radius 1 is 1.41 bits per heavy atom. The average molecular weight is 299 g/mol. The average Bonchev–Trinajstić information content (AvgIpc) is 3.19. The molecule has 0 radical (unpaired) electrons. The molecule has 6 heteroatoms. The number of hydrogen-bond acceptors (Lipinski definition) is 4. The van der Waals surface area contributed by atoms with Crippen LogP contribution in [0.25, 0.3) is 5.69 Å². The monoisotopic (exact) mass is 299 g/mol. The minimum atomic E-state index is -0.0642. The SMILES string of the molecule is CC(C)N1CCCC1C(=O)Nc1cnccc1-n1cccn1. The highest BCUT2D eigenvalue weighted by Gasteiger charge is 2.32.